The molecule has 8 aromatic rings. The lowest BCUT2D eigenvalue weighted by Gasteiger charge is -2.19. The molecular formula is C48H41Cl4F2N5O4. The van der Waals surface area contributed by atoms with E-state index in [0.29, 0.717) is 39.8 Å². The van der Waals surface area contributed by atoms with Crippen LogP contribution in [0.2, 0.25) is 20.1 Å². The number of carbonyl (C=O) groups excluding carboxylic acids is 1. The third-order valence-electron chi connectivity index (χ3n) is 10.5. The van der Waals surface area contributed by atoms with Gasteiger partial charge in [0.25, 0.3) is 5.91 Å². The van der Waals surface area contributed by atoms with E-state index in [9.17, 15) is 18.7 Å². The molecule has 0 bridgehead atoms. The molecule has 0 saturated heterocycles. The number of fused-ring (bicyclic) bond motifs is 2. The van der Waals surface area contributed by atoms with E-state index in [1.807, 2.05) is 86.6 Å². The third-order valence-corrected chi connectivity index (χ3v) is 11.9. The standard InChI is InChI=1S/C26H24Cl2FN3O2.C22H17Cl2FN2O2/c1-4-31(5-2)26(33)18-8-6-17(7-9-18)19-14-23-22(30-15-19)12-13-32(23)34-16(3)24-20(27)10-11-21(29)25(24)28;1-13(21-17(23)6-7-18(25)22(21)24)29-27-9-8-19-20(27)10-16(11-26-19)15-4-2-14(12-28)3-5-15/h6-16H,4-5H2,1-3H3;2-11,13,28H,12H2,1H3. The minimum Gasteiger partial charge on any atom is -0.406 e. The van der Waals surface area contributed by atoms with E-state index in [1.165, 1.54) is 24.3 Å². The predicted octanol–water partition coefficient (Wildman–Crippen LogP) is 12.7. The number of benzene rings is 4. The SMILES string of the molecule is CC(On1ccc2ncc(-c3ccc(CO)cc3)cc21)c1c(Cl)ccc(F)c1Cl.CCN(CC)C(=O)c1ccc(-c2cnc3ccn(OC(C)c4c(Cl)ccc(F)c4Cl)c3c2)cc1. The molecular weight excluding hydrogens is 890 g/mol. The van der Waals surface area contributed by atoms with Crippen molar-refractivity contribution in [3.8, 4) is 22.3 Å². The van der Waals surface area contributed by atoms with Gasteiger partial charge in [-0.3, -0.25) is 14.8 Å². The average molecular weight is 932 g/mol. The van der Waals surface area contributed by atoms with Crippen LogP contribution in [0.1, 0.15) is 67.0 Å². The summed E-state index contributed by atoms with van der Waals surface area (Å²) in [5.41, 5.74) is 8.88. The number of nitrogens with zero attached hydrogens (tertiary/aromatic N) is 5. The van der Waals surface area contributed by atoms with Crippen molar-refractivity contribution in [3.05, 3.63) is 176 Å². The first-order valence-corrected chi connectivity index (χ1v) is 21.5. The Balaban J connectivity index is 0.000000191. The van der Waals surface area contributed by atoms with Crippen molar-refractivity contribution >= 4 is 74.4 Å². The molecule has 1 N–H and O–H groups in total. The number of aromatic nitrogens is 4. The molecule has 4 aromatic heterocycles. The molecule has 9 nitrogen and oxygen atoms in total. The smallest absolute Gasteiger partial charge is 0.253 e. The highest BCUT2D eigenvalue weighted by Crippen LogP contribution is 2.35. The van der Waals surface area contributed by atoms with Crippen molar-refractivity contribution in [3.63, 3.8) is 0 Å². The Morgan fingerprint density at radius 2 is 1.08 bits per heavy atom. The maximum Gasteiger partial charge on any atom is 0.253 e. The van der Waals surface area contributed by atoms with Crippen LogP contribution >= 0.6 is 46.4 Å². The molecule has 0 spiro atoms. The van der Waals surface area contributed by atoms with Gasteiger partial charge in [0.1, 0.15) is 22.7 Å². The minimum atomic E-state index is -0.611. The quantitative estimate of drug-likeness (QED) is 0.123. The van der Waals surface area contributed by atoms with Gasteiger partial charge in [-0.25, -0.2) is 8.78 Å². The van der Waals surface area contributed by atoms with Crippen LogP contribution in [0, 0.1) is 11.6 Å². The molecule has 0 aliphatic heterocycles. The molecule has 2 unspecified atom stereocenters. The maximum absolute atomic E-state index is 14.0. The molecule has 0 radical (unpaired) electrons. The van der Waals surface area contributed by atoms with Gasteiger partial charge in [0.15, 0.2) is 12.2 Å². The minimum absolute atomic E-state index is 0.00264. The summed E-state index contributed by atoms with van der Waals surface area (Å²) in [7, 11) is 0. The summed E-state index contributed by atoms with van der Waals surface area (Å²) in [6.07, 6.45) is 5.84. The van der Waals surface area contributed by atoms with Crippen molar-refractivity contribution in [2.45, 2.75) is 46.5 Å². The largest absolute Gasteiger partial charge is 0.406 e. The Bertz CT molecular complexity index is 2900. The van der Waals surface area contributed by atoms with Crippen molar-refractivity contribution in [1.29, 1.82) is 0 Å². The lowest BCUT2D eigenvalue weighted by atomic mass is 10.0. The van der Waals surface area contributed by atoms with Crippen LogP contribution in [0.3, 0.4) is 0 Å². The highest BCUT2D eigenvalue weighted by molar-refractivity contribution is 6.36. The van der Waals surface area contributed by atoms with Gasteiger partial charge in [0.2, 0.25) is 0 Å². The number of hydrogen-bond donors (Lipinski definition) is 1. The van der Waals surface area contributed by atoms with Gasteiger partial charge < -0.3 is 19.7 Å². The number of amides is 1. The molecule has 2 atom stereocenters. The second-order valence-corrected chi connectivity index (χ2v) is 16.0. The van der Waals surface area contributed by atoms with Gasteiger partial charge in [0, 0.05) is 75.7 Å². The number of rotatable bonds is 12. The Morgan fingerprint density at radius 3 is 1.49 bits per heavy atom. The molecule has 4 heterocycles. The normalized spacial score (nSPS) is 12.2. The Labute approximate surface area is 382 Å². The summed E-state index contributed by atoms with van der Waals surface area (Å²) < 4.78 is 31.0. The summed E-state index contributed by atoms with van der Waals surface area (Å²) in [6.45, 7) is 8.76. The fourth-order valence-corrected chi connectivity index (χ4v) is 8.41. The van der Waals surface area contributed by atoms with E-state index >= 15 is 0 Å². The molecule has 4 aromatic carbocycles. The van der Waals surface area contributed by atoms with Crippen molar-refractivity contribution < 1.29 is 28.4 Å². The van der Waals surface area contributed by atoms with Crippen LogP contribution in [-0.4, -0.2) is 48.4 Å². The second-order valence-electron chi connectivity index (χ2n) is 14.5. The summed E-state index contributed by atoms with van der Waals surface area (Å²) in [5.74, 6) is -1.09. The van der Waals surface area contributed by atoms with Crippen LogP contribution in [0.25, 0.3) is 44.3 Å². The summed E-state index contributed by atoms with van der Waals surface area (Å²) >= 11 is 24.7. The van der Waals surface area contributed by atoms with Gasteiger partial charge in [0.05, 0.1) is 27.7 Å². The molecule has 63 heavy (non-hydrogen) atoms. The fourth-order valence-electron chi connectivity index (χ4n) is 7.05. The van der Waals surface area contributed by atoms with Crippen LogP contribution in [0.15, 0.2) is 122 Å². The van der Waals surface area contributed by atoms with Crippen LogP contribution in [-0.2, 0) is 6.61 Å². The maximum atomic E-state index is 14.0. The summed E-state index contributed by atoms with van der Waals surface area (Å²) in [5, 5.41) is 9.76. The van der Waals surface area contributed by atoms with E-state index in [2.05, 4.69) is 9.97 Å². The fraction of sp³-hybridized carbons (Fsp3) is 0.188. The highest BCUT2D eigenvalue weighted by Gasteiger charge is 2.22. The summed E-state index contributed by atoms with van der Waals surface area (Å²) in [6, 6.07) is 28.0. The number of pyridine rings is 2. The Hall–Kier alpha value is -5.69. The zero-order valence-corrected chi connectivity index (χ0v) is 37.5. The number of carbonyl (C=O) groups is 1. The van der Waals surface area contributed by atoms with Gasteiger partial charge in [-0.1, -0.05) is 82.8 Å². The molecule has 0 aliphatic carbocycles. The topological polar surface area (TPSA) is 94.6 Å². The van der Waals surface area contributed by atoms with Gasteiger partial charge >= 0.3 is 0 Å². The highest BCUT2D eigenvalue weighted by atomic mass is 35.5. The van der Waals surface area contributed by atoms with Crippen molar-refractivity contribution in [2.24, 2.45) is 0 Å². The summed E-state index contributed by atoms with van der Waals surface area (Å²) in [4.78, 5) is 35.4. The van der Waals surface area contributed by atoms with E-state index in [1.54, 1.807) is 53.0 Å². The average Bonchev–Trinajstić information content (AvgIpc) is 3.89. The van der Waals surface area contributed by atoms with Crippen molar-refractivity contribution in [2.75, 3.05) is 13.1 Å². The molecule has 8 rings (SSSR count). The molecule has 15 heteroatoms. The Morgan fingerprint density at radius 1 is 0.651 bits per heavy atom. The first kappa shape index (κ1) is 45.3. The number of hydrogen-bond acceptors (Lipinski definition) is 6. The monoisotopic (exact) mass is 929 g/mol. The molecule has 0 aliphatic rings. The van der Waals surface area contributed by atoms with E-state index < -0.39 is 23.8 Å². The number of aliphatic hydroxyl groups excluding tert-OH is 1. The van der Waals surface area contributed by atoms with Crippen LogP contribution in [0.5, 0.6) is 0 Å². The van der Waals surface area contributed by atoms with Gasteiger partial charge in [-0.15, -0.1) is 0 Å². The molecule has 0 saturated carbocycles. The lowest BCUT2D eigenvalue weighted by Crippen LogP contribution is -2.30. The van der Waals surface area contributed by atoms with E-state index in [4.69, 9.17) is 56.1 Å². The van der Waals surface area contributed by atoms with Crippen molar-refractivity contribution in [1.82, 2.24) is 24.3 Å². The molecule has 0 fully saturated rings. The Kier molecular flexibility index (Phi) is 14.2. The van der Waals surface area contributed by atoms with Crippen LogP contribution in [0.4, 0.5) is 8.78 Å². The first-order chi connectivity index (χ1) is 30.3. The first-order valence-electron chi connectivity index (χ1n) is 20.0. The van der Waals surface area contributed by atoms with Gasteiger partial charge in [-0.05, 0) is 105 Å². The predicted molar refractivity (Wildman–Crippen MR) is 246 cm³/mol. The zero-order valence-electron chi connectivity index (χ0n) is 34.5. The van der Waals surface area contributed by atoms with E-state index in [0.717, 1.165) is 49.9 Å². The second kappa shape index (κ2) is 19.8. The lowest BCUT2D eigenvalue weighted by molar-refractivity contribution is 0.0561. The zero-order chi connectivity index (χ0) is 44.9. The van der Waals surface area contributed by atoms with E-state index in [-0.39, 0.29) is 22.6 Å². The van der Waals surface area contributed by atoms with Gasteiger partial charge in [-0.2, -0.15) is 9.46 Å². The third kappa shape index (κ3) is 9.78. The molecule has 324 valence electrons. The number of aliphatic hydroxyl groups is 1. The van der Waals surface area contributed by atoms with Crippen LogP contribution < -0.4 is 9.68 Å². The number of halogens is 6. The molecule has 1 amide bonds.